The molecule has 0 radical (unpaired) electrons. The van der Waals surface area contributed by atoms with Gasteiger partial charge in [-0.25, -0.2) is 9.97 Å². The lowest BCUT2D eigenvalue weighted by Gasteiger charge is -2.11. The molecule has 0 aliphatic rings. The van der Waals surface area contributed by atoms with Crippen molar-refractivity contribution in [1.82, 2.24) is 15.0 Å². The smallest absolute Gasteiger partial charge is 0.275 e. The molecule has 6 nitrogen and oxygen atoms in total. The number of carbonyl (C=O) groups excluding carboxylic acids is 1. The molecule has 0 aliphatic heterocycles. The van der Waals surface area contributed by atoms with Gasteiger partial charge in [0.15, 0.2) is 0 Å². The van der Waals surface area contributed by atoms with Crippen LogP contribution >= 0.6 is 11.6 Å². The summed E-state index contributed by atoms with van der Waals surface area (Å²) in [7, 11) is 0. The Kier molecular flexibility index (Phi) is 5.43. The summed E-state index contributed by atoms with van der Waals surface area (Å²) in [5.74, 6) is 0.231. The maximum Gasteiger partial charge on any atom is 0.275 e. The number of anilines is 2. The minimum Gasteiger partial charge on any atom is -0.365 e. The summed E-state index contributed by atoms with van der Waals surface area (Å²) in [6, 6.07) is 7.59. The number of nitrogens with zero attached hydrogens (tertiary/aromatic N) is 3. The summed E-state index contributed by atoms with van der Waals surface area (Å²) in [6.45, 7) is 4.45. The van der Waals surface area contributed by atoms with Gasteiger partial charge >= 0.3 is 0 Å². The summed E-state index contributed by atoms with van der Waals surface area (Å²) >= 11 is 6.23. The molecule has 0 saturated heterocycles. The number of aryl methyl sites for hydroxylation is 2. The van der Waals surface area contributed by atoms with Crippen molar-refractivity contribution in [3.05, 3.63) is 76.5 Å². The van der Waals surface area contributed by atoms with Crippen molar-refractivity contribution in [1.29, 1.82) is 0 Å². The predicted molar refractivity (Wildman–Crippen MR) is 102 cm³/mol. The van der Waals surface area contributed by atoms with Gasteiger partial charge in [-0.15, -0.1) is 0 Å². The highest BCUT2D eigenvalue weighted by atomic mass is 35.5. The van der Waals surface area contributed by atoms with Crippen LogP contribution in [-0.2, 0) is 6.54 Å². The molecule has 2 aromatic heterocycles. The summed E-state index contributed by atoms with van der Waals surface area (Å²) in [4.78, 5) is 24.8. The van der Waals surface area contributed by atoms with Gasteiger partial charge in [0.05, 0.1) is 23.1 Å². The Morgan fingerprint density at radius 2 is 1.88 bits per heavy atom. The van der Waals surface area contributed by atoms with Crippen LogP contribution in [-0.4, -0.2) is 20.9 Å². The highest BCUT2D eigenvalue weighted by Crippen LogP contribution is 2.27. The van der Waals surface area contributed by atoms with Crippen LogP contribution in [0.25, 0.3) is 0 Å². The van der Waals surface area contributed by atoms with Gasteiger partial charge in [0, 0.05) is 18.9 Å². The van der Waals surface area contributed by atoms with Gasteiger partial charge in [0.1, 0.15) is 11.5 Å². The number of aromatic nitrogens is 3. The van der Waals surface area contributed by atoms with E-state index >= 15 is 0 Å². The van der Waals surface area contributed by atoms with Crippen LogP contribution in [0.1, 0.15) is 27.2 Å². The van der Waals surface area contributed by atoms with Crippen molar-refractivity contribution < 1.29 is 4.79 Å². The summed E-state index contributed by atoms with van der Waals surface area (Å²) in [5, 5.41) is 6.45. The molecule has 3 aromatic rings. The van der Waals surface area contributed by atoms with Crippen LogP contribution in [0, 0.1) is 13.8 Å². The maximum absolute atomic E-state index is 12.4. The Morgan fingerprint density at radius 1 is 1.12 bits per heavy atom. The first kappa shape index (κ1) is 17.8. The van der Waals surface area contributed by atoms with Crippen LogP contribution in [0.3, 0.4) is 0 Å². The van der Waals surface area contributed by atoms with E-state index in [1.165, 1.54) is 12.4 Å². The molecule has 0 unspecified atom stereocenters. The lowest BCUT2D eigenvalue weighted by Crippen LogP contribution is -2.15. The lowest BCUT2D eigenvalue weighted by molar-refractivity contribution is 0.102. The van der Waals surface area contributed by atoms with E-state index in [1.807, 2.05) is 38.1 Å². The molecule has 132 valence electrons. The number of hydrogen-bond donors (Lipinski definition) is 2. The molecule has 1 aromatic carbocycles. The number of carbonyl (C=O) groups is 1. The van der Waals surface area contributed by atoms with Crippen LogP contribution in [0.4, 0.5) is 11.5 Å². The zero-order valence-electron chi connectivity index (χ0n) is 14.5. The van der Waals surface area contributed by atoms with E-state index in [1.54, 1.807) is 12.4 Å². The van der Waals surface area contributed by atoms with Gasteiger partial charge in [-0.3, -0.25) is 9.78 Å². The molecule has 3 rings (SSSR count). The fourth-order valence-electron chi connectivity index (χ4n) is 2.48. The molecule has 0 aliphatic carbocycles. The number of rotatable bonds is 5. The van der Waals surface area contributed by atoms with Crippen LogP contribution < -0.4 is 10.6 Å². The van der Waals surface area contributed by atoms with Crippen molar-refractivity contribution in [2.24, 2.45) is 0 Å². The maximum atomic E-state index is 12.4. The molecule has 2 heterocycles. The molecule has 0 saturated carbocycles. The molecule has 1 amide bonds. The van der Waals surface area contributed by atoms with Gasteiger partial charge in [-0.2, -0.15) is 0 Å². The van der Waals surface area contributed by atoms with Crippen molar-refractivity contribution >= 4 is 29.0 Å². The Balaban J connectivity index is 1.66. The minimum atomic E-state index is -0.355. The first-order valence-corrected chi connectivity index (χ1v) is 8.43. The number of nitrogens with one attached hydrogen (secondary N) is 2. The van der Waals surface area contributed by atoms with Crippen molar-refractivity contribution in [3.8, 4) is 0 Å². The van der Waals surface area contributed by atoms with Gasteiger partial charge < -0.3 is 10.6 Å². The molecule has 0 fully saturated rings. The van der Waals surface area contributed by atoms with Gasteiger partial charge in [0.2, 0.25) is 0 Å². The Labute approximate surface area is 156 Å². The van der Waals surface area contributed by atoms with Crippen molar-refractivity contribution in [2.45, 2.75) is 20.4 Å². The average molecular weight is 368 g/mol. The second-order valence-electron chi connectivity index (χ2n) is 5.89. The third-order valence-electron chi connectivity index (χ3n) is 3.78. The number of hydrogen-bond acceptors (Lipinski definition) is 5. The molecular weight excluding hydrogens is 350 g/mol. The standard InChI is InChI=1S/C19H18ClN5O/c1-12-7-13(2)18(15(20)8-12)25-19(26)16-10-24-17(11-22-16)23-9-14-3-5-21-6-4-14/h3-8,10-11H,9H2,1-2H3,(H,23,24)(H,25,26). The largest absolute Gasteiger partial charge is 0.365 e. The van der Waals surface area contributed by atoms with E-state index in [2.05, 4.69) is 25.6 Å². The van der Waals surface area contributed by atoms with Crippen LogP contribution in [0.15, 0.2) is 49.1 Å². The fourth-order valence-corrected chi connectivity index (χ4v) is 2.85. The highest BCUT2D eigenvalue weighted by molar-refractivity contribution is 6.34. The highest BCUT2D eigenvalue weighted by Gasteiger charge is 2.13. The van der Waals surface area contributed by atoms with E-state index in [0.29, 0.717) is 23.1 Å². The third kappa shape index (κ3) is 4.34. The lowest BCUT2D eigenvalue weighted by atomic mass is 10.1. The quantitative estimate of drug-likeness (QED) is 0.712. The molecule has 0 bridgehead atoms. The Morgan fingerprint density at radius 3 is 2.54 bits per heavy atom. The molecule has 2 N–H and O–H groups in total. The summed E-state index contributed by atoms with van der Waals surface area (Å²) in [5.41, 5.74) is 3.81. The average Bonchev–Trinajstić information content (AvgIpc) is 2.64. The normalized spacial score (nSPS) is 10.4. The second-order valence-corrected chi connectivity index (χ2v) is 6.30. The number of pyridine rings is 1. The van der Waals surface area contributed by atoms with E-state index in [0.717, 1.165) is 16.7 Å². The zero-order chi connectivity index (χ0) is 18.5. The van der Waals surface area contributed by atoms with Crippen LogP contribution in [0.2, 0.25) is 5.02 Å². The SMILES string of the molecule is Cc1cc(C)c(NC(=O)c2cnc(NCc3ccncc3)cn2)c(Cl)c1. The van der Waals surface area contributed by atoms with E-state index in [9.17, 15) is 4.79 Å². The Bertz CT molecular complexity index is 890. The summed E-state index contributed by atoms with van der Waals surface area (Å²) < 4.78 is 0. The predicted octanol–water partition coefficient (Wildman–Crippen LogP) is 4.01. The van der Waals surface area contributed by atoms with E-state index in [4.69, 9.17) is 11.6 Å². The van der Waals surface area contributed by atoms with Gasteiger partial charge in [-0.1, -0.05) is 17.7 Å². The monoisotopic (exact) mass is 367 g/mol. The zero-order valence-corrected chi connectivity index (χ0v) is 15.2. The van der Waals surface area contributed by atoms with E-state index in [-0.39, 0.29) is 11.6 Å². The second kappa shape index (κ2) is 7.93. The van der Waals surface area contributed by atoms with E-state index < -0.39 is 0 Å². The first-order valence-electron chi connectivity index (χ1n) is 8.06. The molecule has 7 heteroatoms. The fraction of sp³-hybridized carbons (Fsp3) is 0.158. The molecule has 26 heavy (non-hydrogen) atoms. The van der Waals surface area contributed by atoms with Gasteiger partial charge in [0.25, 0.3) is 5.91 Å². The topological polar surface area (TPSA) is 79.8 Å². The third-order valence-corrected chi connectivity index (χ3v) is 4.08. The molecular formula is C19H18ClN5O. The summed E-state index contributed by atoms with van der Waals surface area (Å²) in [6.07, 6.45) is 6.42. The number of halogens is 1. The van der Waals surface area contributed by atoms with Crippen molar-refractivity contribution in [3.63, 3.8) is 0 Å². The Hall–Kier alpha value is -2.99. The molecule has 0 spiro atoms. The minimum absolute atomic E-state index is 0.218. The number of benzene rings is 1. The van der Waals surface area contributed by atoms with Gasteiger partial charge in [-0.05, 0) is 48.7 Å². The molecule has 0 atom stereocenters. The van der Waals surface area contributed by atoms with Crippen molar-refractivity contribution in [2.75, 3.05) is 10.6 Å². The van der Waals surface area contributed by atoms with Crippen LogP contribution in [0.5, 0.6) is 0 Å². The first-order chi connectivity index (χ1) is 12.5. The number of amides is 1.